The molecule has 0 aliphatic carbocycles. The van der Waals surface area contributed by atoms with E-state index in [9.17, 15) is 19.7 Å². The quantitative estimate of drug-likeness (QED) is 0.229. The van der Waals surface area contributed by atoms with Crippen LogP contribution in [0.2, 0.25) is 0 Å². The Morgan fingerprint density at radius 3 is 2.76 bits per heavy atom. The lowest BCUT2D eigenvalue weighted by Crippen LogP contribution is -2.43. The van der Waals surface area contributed by atoms with Gasteiger partial charge in [-0.1, -0.05) is 29.8 Å². The van der Waals surface area contributed by atoms with E-state index < -0.39 is 4.92 Å². The lowest BCUT2D eigenvalue weighted by molar-refractivity contribution is -0.384. The number of benzene rings is 2. The van der Waals surface area contributed by atoms with Gasteiger partial charge in [0.1, 0.15) is 11.6 Å². The third kappa shape index (κ3) is 6.03. The molecule has 1 atom stereocenters. The Morgan fingerprint density at radius 1 is 1.30 bits per heavy atom. The number of fused-ring (bicyclic) bond motifs is 1. The monoisotopic (exact) mass is 571 g/mol. The van der Waals surface area contributed by atoms with Gasteiger partial charge in [0.05, 0.1) is 35.3 Å². The van der Waals surface area contributed by atoms with Crippen molar-refractivity contribution in [3.05, 3.63) is 72.7 Å². The number of hydrogen-bond acceptors (Lipinski definition) is 8. The van der Waals surface area contributed by atoms with Gasteiger partial charge in [-0.2, -0.15) is 9.78 Å². The van der Waals surface area contributed by atoms with Crippen molar-refractivity contribution in [1.29, 1.82) is 0 Å². The summed E-state index contributed by atoms with van der Waals surface area (Å²) in [6.07, 6.45) is 2.04. The molecule has 1 aliphatic rings. The van der Waals surface area contributed by atoms with Gasteiger partial charge in [-0.15, -0.1) is 0 Å². The summed E-state index contributed by atoms with van der Waals surface area (Å²) >= 11 is 3.38. The highest BCUT2D eigenvalue weighted by Crippen LogP contribution is 2.24. The van der Waals surface area contributed by atoms with Crippen molar-refractivity contribution in [1.82, 2.24) is 14.6 Å². The predicted molar refractivity (Wildman–Crippen MR) is 141 cm³/mol. The van der Waals surface area contributed by atoms with Gasteiger partial charge < -0.3 is 14.4 Å². The lowest BCUT2D eigenvalue weighted by atomic mass is 10.1. The molecule has 1 aliphatic heterocycles. The molecule has 2 aromatic carbocycles. The molecule has 3 aromatic rings. The highest BCUT2D eigenvalue weighted by atomic mass is 79.9. The smallest absolute Gasteiger partial charge is 0.282 e. The van der Waals surface area contributed by atoms with Gasteiger partial charge in [-0.3, -0.25) is 19.7 Å². The fourth-order valence-electron chi connectivity index (χ4n) is 3.82. The minimum Gasteiger partial charge on any atom is -0.483 e. The van der Waals surface area contributed by atoms with E-state index in [0.29, 0.717) is 43.0 Å². The molecule has 0 saturated carbocycles. The minimum atomic E-state index is -0.536. The van der Waals surface area contributed by atoms with Gasteiger partial charge in [0.25, 0.3) is 17.2 Å². The standard InChI is InChI=1S/C25H26BrN5O6/c1-3-16(2)24-28-21-6-4-18(26)13-20(21)25(33)30(24)27-14-17-12-19(31(34)35)5-7-22(17)37-15-23(32)29-8-10-36-11-9-29/h4-7,12-14,16H,3,8-11,15H2,1-2H3/t16-/m1/s1. The Bertz CT molecular complexity index is 1420. The normalized spacial score (nSPS) is 14.7. The number of carbonyl (C=O) groups is 1. The highest BCUT2D eigenvalue weighted by Gasteiger charge is 2.19. The first-order valence-corrected chi connectivity index (χ1v) is 12.6. The minimum absolute atomic E-state index is 0.0788. The molecule has 12 heteroatoms. The molecule has 37 heavy (non-hydrogen) atoms. The van der Waals surface area contributed by atoms with Crippen LogP contribution in [-0.2, 0) is 9.53 Å². The third-order valence-corrected chi connectivity index (χ3v) is 6.61. The number of halogens is 1. The summed E-state index contributed by atoms with van der Waals surface area (Å²) in [6.45, 7) is 5.55. The van der Waals surface area contributed by atoms with E-state index in [-0.39, 0.29) is 41.0 Å². The van der Waals surface area contributed by atoms with Crippen LogP contribution in [-0.4, -0.2) is 64.5 Å². The van der Waals surface area contributed by atoms with Crippen LogP contribution in [0.1, 0.15) is 37.6 Å². The van der Waals surface area contributed by atoms with Gasteiger partial charge in [-0.25, -0.2) is 4.98 Å². The molecule has 4 rings (SSSR count). The Labute approximate surface area is 221 Å². The van der Waals surface area contributed by atoms with Crippen LogP contribution < -0.4 is 10.3 Å². The van der Waals surface area contributed by atoms with Crippen molar-refractivity contribution in [2.75, 3.05) is 32.9 Å². The number of nitrogens with zero attached hydrogens (tertiary/aromatic N) is 5. The Morgan fingerprint density at radius 2 is 2.05 bits per heavy atom. The van der Waals surface area contributed by atoms with E-state index in [0.717, 1.165) is 10.9 Å². The van der Waals surface area contributed by atoms with E-state index >= 15 is 0 Å². The van der Waals surface area contributed by atoms with Gasteiger partial charge in [0.15, 0.2) is 6.61 Å². The summed E-state index contributed by atoms with van der Waals surface area (Å²) in [6, 6.07) is 9.25. The first kappa shape index (κ1) is 26.4. The Kier molecular flexibility index (Phi) is 8.29. The molecule has 11 nitrogen and oxygen atoms in total. The van der Waals surface area contributed by atoms with E-state index in [1.807, 2.05) is 19.9 Å². The number of nitro groups is 1. The number of aromatic nitrogens is 2. The van der Waals surface area contributed by atoms with Crippen molar-refractivity contribution in [3.63, 3.8) is 0 Å². The molecule has 1 saturated heterocycles. The van der Waals surface area contributed by atoms with Crippen LogP contribution >= 0.6 is 15.9 Å². The number of nitro benzene ring substituents is 1. The average molecular weight is 572 g/mol. The van der Waals surface area contributed by atoms with Crippen molar-refractivity contribution in [2.45, 2.75) is 26.2 Å². The number of rotatable bonds is 8. The Hall–Kier alpha value is -3.64. The second kappa shape index (κ2) is 11.6. The van der Waals surface area contributed by atoms with Gasteiger partial charge in [0.2, 0.25) is 0 Å². The summed E-state index contributed by atoms with van der Waals surface area (Å²) < 4.78 is 12.9. The summed E-state index contributed by atoms with van der Waals surface area (Å²) in [4.78, 5) is 43.1. The molecule has 2 heterocycles. The fraction of sp³-hybridized carbons (Fsp3) is 0.360. The summed E-state index contributed by atoms with van der Waals surface area (Å²) in [5.41, 5.74) is 0.257. The van der Waals surface area contributed by atoms with E-state index in [1.54, 1.807) is 17.0 Å². The van der Waals surface area contributed by atoms with Gasteiger partial charge >= 0.3 is 0 Å². The van der Waals surface area contributed by atoms with E-state index in [1.165, 1.54) is 29.1 Å². The molecule has 0 radical (unpaired) electrons. The molecular formula is C25H26BrN5O6. The molecule has 194 valence electrons. The van der Waals surface area contributed by atoms with Crippen LogP contribution in [0.3, 0.4) is 0 Å². The molecule has 1 fully saturated rings. The second-order valence-electron chi connectivity index (χ2n) is 8.56. The number of hydrogen-bond donors (Lipinski definition) is 0. The number of amides is 1. The zero-order chi connectivity index (χ0) is 26.5. The van der Waals surface area contributed by atoms with E-state index in [2.05, 4.69) is 26.0 Å². The average Bonchev–Trinajstić information content (AvgIpc) is 2.91. The molecular weight excluding hydrogens is 546 g/mol. The van der Waals surface area contributed by atoms with Crippen LogP contribution in [0, 0.1) is 10.1 Å². The maximum atomic E-state index is 13.4. The topological polar surface area (TPSA) is 129 Å². The second-order valence-corrected chi connectivity index (χ2v) is 9.48. The maximum Gasteiger partial charge on any atom is 0.282 e. The van der Waals surface area contributed by atoms with Crippen LogP contribution in [0.4, 0.5) is 5.69 Å². The summed E-state index contributed by atoms with van der Waals surface area (Å²) in [5, 5.41) is 16.2. The molecule has 0 spiro atoms. The number of carbonyl (C=O) groups excluding carboxylic acids is 1. The maximum absolute atomic E-state index is 13.4. The van der Waals surface area contributed by atoms with Crippen LogP contribution in [0.25, 0.3) is 10.9 Å². The van der Waals surface area contributed by atoms with Crippen molar-refractivity contribution in [3.8, 4) is 5.75 Å². The van der Waals surface area contributed by atoms with Crippen LogP contribution in [0.5, 0.6) is 5.75 Å². The highest BCUT2D eigenvalue weighted by molar-refractivity contribution is 9.10. The van der Waals surface area contributed by atoms with Crippen molar-refractivity contribution in [2.24, 2.45) is 5.10 Å². The molecule has 0 bridgehead atoms. The molecule has 0 unspecified atom stereocenters. The first-order valence-electron chi connectivity index (χ1n) is 11.8. The number of ether oxygens (including phenoxy) is 2. The zero-order valence-electron chi connectivity index (χ0n) is 20.4. The van der Waals surface area contributed by atoms with Crippen molar-refractivity contribution >= 4 is 44.6 Å². The zero-order valence-corrected chi connectivity index (χ0v) is 22.0. The number of non-ortho nitro benzene ring substituents is 1. The van der Waals surface area contributed by atoms with Gasteiger partial charge in [0, 0.05) is 41.2 Å². The SMILES string of the molecule is CC[C@@H](C)c1nc2ccc(Br)cc2c(=O)n1N=Cc1cc([N+](=O)[O-])ccc1OCC(=O)N1CCOCC1. The predicted octanol–water partition coefficient (Wildman–Crippen LogP) is 3.70. The Balaban J connectivity index is 1.72. The largest absolute Gasteiger partial charge is 0.483 e. The fourth-order valence-corrected chi connectivity index (χ4v) is 4.19. The summed E-state index contributed by atoms with van der Waals surface area (Å²) in [7, 11) is 0. The molecule has 1 amide bonds. The van der Waals surface area contributed by atoms with E-state index in [4.69, 9.17) is 9.47 Å². The summed E-state index contributed by atoms with van der Waals surface area (Å²) in [5.74, 6) is 0.397. The molecule has 1 aromatic heterocycles. The third-order valence-electron chi connectivity index (χ3n) is 6.12. The van der Waals surface area contributed by atoms with Crippen molar-refractivity contribution < 1.29 is 19.2 Å². The van der Waals surface area contributed by atoms with Crippen LogP contribution in [0.15, 0.2) is 50.8 Å². The molecule has 0 N–H and O–H groups in total. The lowest BCUT2D eigenvalue weighted by Gasteiger charge is -2.26. The van der Waals surface area contributed by atoms with Gasteiger partial charge in [-0.05, 0) is 30.7 Å². The number of morpholine rings is 1. The first-order chi connectivity index (χ1) is 17.8.